The van der Waals surface area contributed by atoms with Gasteiger partial charge in [-0.25, -0.2) is 0 Å². The molecular weight excluding hydrogens is 276 g/mol. The molecule has 0 radical (unpaired) electrons. The Hall–Kier alpha value is -1.69. The molecule has 0 saturated heterocycles. The second kappa shape index (κ2) is 8.47. The van der Waals surface area contributed by atoms with Gasteiger partial charge < -0.3 is 15.8 Å². The molecule has 1 aromatic carbocycles. The SMILES string of the molecule is COC(=O)CCSCCC(=O)Nc1cccc(N)c1C. The highest BCUT2D eigenvalue weighted by Crippen LogP contribution is 2.20. The molecule has 1 aromatic rings. The first kappa shape index (κ1) is 16.4. The molecule has 20 heavy (non-hydrogen) atoms. The van der Waals surface area contributed by atoms with Crippen LogP contribution in [0.4, 0.5) is 11.4 Å². The number of nitrogen functional groups attached to an aromatic ring is 1. The molecular formula is C14H20N2O3S. The molecule has 0 heterocycles. The summed E-state index contributed by atoms with van der Waals surface area (Å²) in [6.45, 7) is 1.87. The van der Waals surface area contributed by atoms with E-state index in [2.05, 4.69) is 10.1 Å². The first-order valence-electron chi connectivity index (χ1n) is 6.34. The zero-order valence-corrected chi connectivity index (χ0v) is 12.6. The van der Waals surface area contributed by atoms with Gasteiger partial charge in [-0.05, 0) is 24.6 Å². The Labute approximate surface area is 123 Å². The third-order valence-corrected chi connectivity index (χ3v) is 3.79. The Kier molecular flexibility index (Phi) is 6.93. The monoisotopic (exact) mass is 296 g/mol. The van der Waals surface area contributed by atoms with Crippen molar-refractivity contribution >= 4 is 35.0 Å². The lowest BCUT2D eigenvalue weighted by Crippen LogP contribution is -2.13. The highest BCUT2D eigenvalue weighted by Gasteiger charge is 2.06. The summed E-state index contributed by atoms with van der Waals surface area (Å²) >= 11 is 1.56. The van der Waals surface area contributed by atoms with Crippen LogP contribution < -0.4 is 11.1 Å². The first-order chi connectivity index (χ1) is 9.54. The maximum Gasteiger partial charge on any atom is 0.306 e. The van der Waals surface area contributed by atoms with Crippen LogP contribution in [0.2, 0.25) is 0 Å². The lowest BCUT2D eigenvalue weighted by atomic mass is 10.1. The molecule has 0 aliphatic rings. The zero-order valence-electron chi connectivity index (χ0n) is 11.8. The summed E-state index contributed by atoms with van der Waals surface area (Å²) < 4.78 is 4.54. The van der Waals surface area contributed by atoms with Gasteiger partial charge in [-0.15, -0.1) is 0 Å². The number of hydrogen-bond acceptors (Lipinski definition) is 5. The minimum absolute atomic E-state index is 0.0516. The van der Waals surface area contributed by atoms with Crippen molar-refractivity contribution in [3.63, 3.8) is 0 Å². The van der Waals surface area contributed by atoms with E-state index in [1.807, 2.05) is 19.1 Å². The van der Waals surface area contributed by atoms with Crippen molar-refractivity contribution in [2.24, 2.45) is 0 Å². The molecule has 0 aromatic heterocycles. The van der Waals surface area contributed by atoms with E-state index in [1.165, 1.54) is 7.11 Å². The summed E-state index contributed by atoms with van der Waals surface area (Å²) in [5, 5.41) is 2.84. The summed E-state index contributed by atoms with van der Waals surface area (Å²) in [5.41, 5.74) is 8.06. The number of amides is 1. The lowest BCUT2D eigenvalue weighted by Gasteiger charge is -2.09. The van der Waals surface area contributed by atoms with E-state index in [9.17, 15) is 9.59 Å². The summed E-state index contributed by atoms with van der Waals surface area (Å²) in [7, 11) is 1.37. The topological polar surface area (TPSA) is 81.4 Å². The van der Waals surface area contributed by atoms with Crippen LogP contribution in [0, 0.1) is 6.92 Å². The fourth-order valence-electron chi connectivity index (χ4n) is 1.53. The molecule has 0 aliphatic carbocycles. The van der Waals surface area contributed by atoms with E-state index in [4.69, 9.17) is 5.73 Å². The Morgan fingerprint density at radius 2 is 2.00 bits per heavy atom. The minimum Gasteiger partial charge on any atom is -0.469 e. The minimum atomic E-state index is -0.225. The number of rotatable bonds is 7. The van der Waals surface area contributed by atoms with Crippen LogP contribution in [0.25, 0.3) is 0 Å². The van der Waals surface area contributed by atoms with Gasteiger partial charge in [0, 0.05) is 29.3 Å². The van der Waals surface area contributed by atoms with Crippen molar-refractivity contribution in [2.45, 2.75) is 19.8 Å². The van der Waals surface area contributed by atoms with E-state index in [0.29, 0.717) is 30.0 Å². The van der Waals surface area contributed by atoms with Crippen molar-refractivity contribution < 1.29 is 14.3 Å². The number of nitrogens with one attached hydrogen (secondary N) is 1. The van der Waals surface area contributed by atoms with Gasteiger partial charge in [-0.1, -0.05) is 6.07 Å². The molecule has 0 aliphatic heterocycles. The number of methoxy groups -OCH3 is 1. The predicted octanol–water partition coefficient (Wildman–Crippen LogP) is 2.20. The largest absolute Gasteiger partial charge is 0.469 e. The average molecular weight is 296 g/mol. The van der Waals surface area contributed by atoms with E-state index < -0.39 is 0 Å². The number of carbonyl (C=O) groups excluding carboxylic acids is 2. The summed E-state index contributed by atoms with van der Waals surface area (Å²) in [6, 6.07) is 5.44. The molecule has 6 heteroatoms. The number of thioether (sulfide) groups is 1. The predicted molar refractivity (Wildman–Crippen MR) is 82.8 cm³/mol. The van der Waals surface area contributed by atoms with E-state index in [1.54, 1.807) is 17.8 Å². The Bertz CT molecular complexity index is 477. The first-order valence-corrected chi connectivity index (χ1v) is 7.49. The molecule has 0 atom stereocenters. The quantitative estimate of drug-likeness (QED) is 0.458. The Morgan fingerprint density at radius 3 is 2.70 bits per heavy atom. The van der Waals surface area contributed by atoms with Crippen LogP contribution >= 0.6 is 11.8 Å². The van der Waals surface area contributed by atoms with E-state index >= 15 is 0 Å². The number of ether oxygens (including phenoxy) is 1. The number of hydrogen-bond donors (Lipinski definition) is 2. The Morgan fingerprint density at radius 1 is 1.30 bits per heavy atom. The molecule has 1 amide bonds. The van der Waals surface area contributed by atoms with Crippen LogP contribution in [-0.2, 0) is 14.3 Å². The number of anilines is 2. The standard InChI is InChI=1S/C14H20N2O3S/c1-10-11(15)4-3-5-12(10)16-13(17)6-8-20-9-7-14(18)19-2/h3-5H,6-9,15H2,1-2H3,(H,16,17). The second-order valence-corrected chi connectivity index (χ2v) is 5.48. The van der Waals surface area contributed by atoms with Gasteiger partial charge in [0.15, 0.2) is 0 Å². The van der Waals surface area contributed by atoms with Crippen LogP contribution in [0.1, 0.15) is 18.4 Å². The summed E-state index contributed by atoms with van der Waals surface area (Å²) in [5.74, 6) is 1.06. The molecule has 1 rings (SSSR count). The molecule has 0 spiro atoms. The van der Waals surface area contributed by atoms with Crippen molar-refractivity contribution in [3.05, 3.63) is 23.8 Å². The molecule has 0 saturated carbocycles. The average Bonchev–Trinajstić information content (AvgIpc) is 2.43. The van der Waals surface area contributed by atoms with Crippen LogP contribution in [0.15, 0.2) is 18.2 Å². The zero-order chi connectivity index (χ0) is 15.0. The van der Waals surface area contributed by atoms with Crippen LogP contribution in [0.3, 0.4) is 0 Å². The molecule has 3 N–H and O–H groups in total. The number of carbonyl (C=O) groups is 2. The van der Waals surface area contributed by atoms with Gasteiger partial charge in [0.1, 0.15) is 0 Å². The summed E-state index contributed by atoms with van der Waals surface area (Å²) in [6.07, 6.45) is 0.775. The Balaban J connectivity index is 2.27. The summed E-state index contributed by atoms with van der Waals surface area (Å²) in [4.78, 5) is 22.7. The molecule has 5 nitrogen and oxygen atoms in total. The van der Waals surface area contributed by atoms with E-state index in [0.717, 1.165) is 11.3 Å². The van der Waals surface area contributed by atoms with Crippen molar-refractivity contribution in [1.29, 1.82) is 0 Å². The van der Waals surface area contributed by atoms with Gasteiger partial charge in [-0.3, -0.25) is 9.59 Å². The van der Waals surface area contributed by atoms with Gasteiger partial charge in [0.2, 0.25) is 5.91 Å². The molecule has 0 fully saturated rings. The highest BCUT2D eigenvalue weighted by molar-refractivity contribution is 7.99. The van der Waals surface area contributed by atoms with Gasteiger partial charge in [-0.2, -0.15) is 11.8 Å². The second-order valence-electron chi connectivity index (χ2n) is 4.26. The van der Waals surface area contributed by atoms with Gasteiger partial charge in [0.25, 0.3) is 0 Å². The van der Waals surface area contributed by atoms with Crippen LogP contribution in [-0.4, -0.2) is 30.5 Å². The number of nitrogens with two attached hydrogens (primary N) is 1. The third kappa shape index (κ3) is 5.52. The maximum atomic E-state index is 11.8. The van der Waals surface area contributed by atoms with Crippen molar-refractivity contribution in [1.82, 2.24) is 0 Å². The van der Waals surface area contributed by atoms with Crippen molar-refractivity contribution in [3.8, 4) is 0 Å². The van der Waals surface area contributed by atoms with Crippen molar-refractivity contribution in [2.75, 3.05) is 29.7 Å². The fraction of sp³-hybridized carbons (Fsp3) is 0.429. The normalized spacial score (nSPS) is 10.1. The lowest BCUT2D eigenvalue weighted by molar-refractivity contribution is -0.140. The van der Waals surface area contributed by atoms with Gasteiger partial charge >= 0.3 is 5.97 Å². The maximum absolute atomic E-state index is 11.8. The highest BCUT2D eigenvalue weighted by atomic mass is 32.2. The van der Waals surface area contributed by atoms with E-state index in [-0.39, 0.29) is 11.9 Å². The number of benzene rings is 1. The third-order valence-electron chi connectivity index (χ3n) is 2.80. The smallest absolute Gasteiger partial charge is 0.306 e. The van der Waals surface area contributed by atoms with Gasteiger partial charge in [0.05, 0.1) is 13.5 Å². The number of esters is 1. The van der Waals surface area contributed by atoms with Crippen LogP contribution in [0.5, 0.6) is 0 Å². The molecule has 0 bridgehead atoms. The fourth-order valence-corrected chi connectivity index (χ4v) is 2.37. The molecule has 0 unspecified atom stereocenters. The molecule has 110 valence electrons.